The summed E-state index contributed by atoms with van der Waals surface area (Å²) in [5.41, 5.74) is 18.0. The second-order valence-corrected chi connectivity index (χ2v) is 5.58. The summed E-state index contributed by atoms with van der Waals surface area (Å²) in [6.07, 6.45) is 0. The lowest BCUT2D eigenvalue weighted by Crippen LogP contribution is -2.34. The van der Waals surface area contributed by atoms with Crippen molar-refractivity contribution in [1.82, 2.24) is 31.2 Å². The smallest absolute Gasteiger partial charge is 0.244 e. The fourth-order valence-corrected chi connectivity index (χ4v) is 1.17. The average Bonchev–Trinajstić information content (AvgIpc) is 2.40. The van der Waals surface area contributed by atoms with Gasteiger partial charge in [0.25, 0.3) is 0 Å². The third-order valence-corrected chi connectivity index (χ3v) is 2.05. The predicted octanol–water partition coefficient (Wildman–Crippen LogP) is 0.846. The maximum absolute atomic E-state index is 4.27. The number of hydrogen-bond acceptors (Lipinski definition) is 9. The molecule has 0 amide bonds. The van der Waals surface area contributed by atoms with Crippen molar-refractivity contribution in [3.63, 3.8) is 0 Å². The van der Waals surface area contributed by atoms with Gasteiger partial charge in [-0.3, -0.25) is 16.3 Å². The minimum Gasteiger partial charge on any atom is -0.289 e. The van der Waals surface area contributed by atoms with E-state index in [1.165, 1.54) is 0 Å². The lowest BCUT2D eigenvalue weighted by molar-refractivity contribution is 0.637. The number of aromatic nitrogens is 3. The van der Waals surface area contributed by atoms with Crippen LogP contribution in [0.4, 0.5) is 17.8 Å². The van der Waals surface area contributed by atoms with E-state index < -0.39 is 0 Å². The van der Waals surface area contributed by atoms with Crippen molar-refractivity contribution in [1.29, 1.82) is 0 Å². The molecule has 0 aliphatic heterocycles. The van der Waals surface area contributed by atoms with Crippen LogP contribution in [0.15, 0.2) is 0 Å². The maximum atomic E-state index is 4.27. The Kier molecular flexibility index (Phi) is 7.06. The van der Waals surface area contributed by atoms with Gasteiger partial charge in [-0.05, 0) is 41.5 Å². The largest absolute Gasteiger partial charge is 0.289 e. The molecule has 21 heavy (non-hydrogen) atoms. The van der Waals surface area contributed by atoms with Crippen LogP contribution in [0.5, 0.6) is 0 Å². The molecule has 0 aliphatic rings. The second-order valence-electron chi connectivity index (χ2n) is 5.58. The topological polar surface area (TPSA) is 111 Å². The van der Waals surface area contributed by atoms with Crippen LogP contribution in [0.1, 0.15) is 41.5 Å². The number of nitrogens with one attached hydrogen (secondary N) is 6. The summed E-state index contributed by atoms with van der Waals surface area (Å²) in [5.74, 6) is 1.29. The van der Waals surface area contributed by atoms with Crippen LogP contribution in [0.25, 0.3) is 0 Å². The number of hydrazine groups is 3. The number of nitrogens with zero attached hydrogens (tertiary/aromatic N) is 3. The lowest BCUT2D eigenvalue weighted by Gasteiger charge is -2.15. The van der Waals surface area contributed by atoms with Crippen LogP contribution in [0.3, 0.4) is 0 Å². The highest BCUT2D eigenvalue weighted by Crippen LogP contribution is 2.07. The quantitative estimate of drug-likeness (QED) is 0.369. The Labute approximate surface area is 126 Å². The number of anilines is 3. The van der Waals surface area contributed by atoms with Gasteiger partial charge in [-0.2, -0.15) is 15.0 Å². The molecule has 9 nitrogen and oxygen atoms in total. The second kappa shape index (κ2) is 8.55. The van der Waals surface area contributed by atoms with Crippen molar-refractivity contribution in [2.75, 3.05) is 16.3 Å². The number of rotatable bonds is 9. The first-order valence-electron chi connectivity index (χ1n) is 7.17. The fraction of sp³-hybridized carbons (Fsp3) is 0.750. The van der Waals surface area contributed by atoms with Crippen LogP contribution in [0.2, 0.25) is 0 Å². The minimum atomic E-state index is 0.261. The standard InChI is InChI=1S/C12H27N9/c1-7(2)16-19-10-13-11(20-17-8(3)4)15-12(14-10)21-18-9(5)6/h7-9,16-18H,1-6H3,(H3,13,14,15,19,20,21). The number of hydrogen-bond donors (Lipinski definition) is 6. The van der Waals surface area contributed by atoms with Gasteiger partial charge in [0.2, 0.25) is 17.8 Å². The van der Waals surface area contributed by atoms with Crippen LogP contribution in [-0.4, -0.2) is 33.1 Å². The molecule has 0 bridgehead atoms. The Bertz CT molecular complexity index is 345. The third kappa shape index (κ3) is 7.59. The fourth-order valence-electron chi connectivity index (χ4n) is 1.17. The van der Waals surface area contributed by atoms with E-state index in [1.54, 1.807) is 0 Å². The van der Waals surface area contributed by atoms with Gasteiger partial charge in [-0.15, -0.1) is 0 Å². The van der Waals surface area contributed by atoms with Crippen LogP contribution in [-0.2, 0) is 0 Å². The lowest BCUT2D eigenvalue weighted by atomic mass is 10.4. The average molecular weight is 297 g/mol. The van der Waals surface area contributed by atoms with E-state index in [4.69, 9.17) is 0 Å². The van der Waals surface area contributed by atoms with Gasteiger partial charge in [0, 0.05) is 18.1 Å². The molecule has 1 aromatic heterocycles. The first-order valence-corrected chi connectivity index (χ1v) is 7.17. The molecule has 6 N–H and O–H groups in total. The Morgan fingerprint density at radius 2 is 0.762 bits per heavy atom. The molecule has 0 atom stereocenters. The van der Waals surface area contributed by atoms with Crippen molar-refractivity contribution >= 4 is 17.8 Å². The molecule has 0 aromatic carbocycles. The zero-order valence-electron chi connectivity index (χ0n) is 13.6. The molecule has 0 saturated carbocycles. The molecule has 1 heterocycles. The molecule has 1 rings (SSSR count). The minimum absolute atomic E-state index is 0.261. The zero-order chi connectivity index (χ0) is 15.8. The van der Waals surface area contributed by atoms with Gasteiger partial charge in [0.1, 0.15) is 0 Å². The summed E-state index contributed by atoms with van der Waals surface area (Å²) in [6, 6.07) is 0.784. The highest BCUT2D eigenvalue weighted by Gasteiger charge is 2.07. The van der Waals surface area contributed by atoms with Gasteiger partial charge >= 0.3 is 0 Å². The van der Waals surface area contributed by atoms with Gasteiger partial charge in [0.05, 0.1) is 0 Å². The van der Waals surface area contributed by atoms with Crippen molar-refractivity contribution < 1.29 is 0 Å². The maximum Gasteiger partial charge on any atom is 0.244 e. The van der Waals surface area contributed by atoms with Crippen molar-refractivity contribution in [3.05, 3.63) is 0 Å². The summed E-state index contributed by atoms with van der Waals surface area (Å²) in [6.45, 7) is 12.1. The normalized spacial score (nSPS) is 11.3. The molecule has 0 radical (unpaired) electrons. The first kappa shape index (κ1) is 17.3. The summed E-state index contributed by atoms with van der Waals surface area (Å²) in [5, 5.41) is 0. The van der Waals surface area contributed by atoms with Crippen LogP contribution in [0, 0.1) is 0 Å². The van der Waals surface area contributed by atoms with E-state index in [9.17, 15) is 0 Å². The summed E-state index contributed by atoms with van der Waals surface area (Å²) < 4.78 is 0. The monoisotopic (exact) mass is 297 g/mol. The molecule has 1 aromatic rings. The van der Waals surface area contributed by atoms with Crippen molar-refractivity contribution in [2.45, 2.75) is 59.7 Å². The highest BCUT2D eigenvalue weighted by molar-refractivity contribution is 5.40. The Morgan fingerprint density at radius 3 is 0.952 bits per heavy atom. The van der Waals surface area contributed by atoms with Crippen LogP contribution < -0.4 is 32.6 Å². The summed E-state index contributed by atoms with van der Waals surface area (Å²) in [7, 11) is 0. The first-order chi connectivity index (χ1) is 9.86. The van der Waals surface area contributed by atoms with Gasteiger partial charge < -0.3 is 0 Å². The van der Waals surface area contributed by atoms with Crippen LogP contribution >= 0.6 is 0 Å². The van der Waals surface area contributed by atoms with Gasteiger partial charge in [0.15, 0.2) is 0 Å². The molecule has 0 saturated heterocycles. The molecule has 0 aliphatic carbocycles. The zero-order valence-corrected chi connectivity index (χ0v) is 13.6. The molecule has 9 heteroatoms. The molecule has 120 valence electrons. The summed E-state index contributed by atoms with van der Waals surface area (Å²) >= 11 is 0. The Balaban J connectivity index is 2.79. The molecule has 0 unspecified atom stereocenters. The Hall–Kier alpha value is -1.71. The molecule has 0 spiro atoms. The molecular formula is C12H27N9. The molecule has 0 fully saturated rings. The van der Waals surface area contributed by atoms with Gasteiger partial charge in [-0.25, -0.2) is 16.3 Å². The van der Waals surface area contributed by atoms with Crippen molar-refractivity contribution in [2.24, 2.45) is 0 Å². The SMILES string of the molecule is CC(C)NNc1nc(NNC(C)C)nc(NNC(C)C)n1. The van der Waals surface area contributed by atoms with E-state index in [2.05, 4.69) is 47.5 Å². The Morgan fingerprint density at radius 1 is 0.524 bits per heavy atom. The van der Waals surface area contributed by atoms with E-state index in [-0.39, 0.29) is 18.1 Å². The summed E-state index contributed by atoms with van der Waals surface area (Å²) in [4.78, 5) is 12.8. The molecular weight excluding hydrogens is 270 g/mol. The highest BCUT2D eigenvalue weighted by atomic mass is 15.5. The van der Waals surface area contributed by atoms with E-state index in [0.29, 0.717) is 17.8 Å². The third-order valence-electron chi connectivity index (χ3n) is 2.05. The van der Waals surface area contributed by atoms with Gasteiger partial charge in [-0.1, -0.05) is 0 Å². The van der Waals surface area contributed by atoms with E-state index in [0.717, 1.165) is 0 Å². The van der Waals surface area contributed by atoms with E-state index >= 15 is 0 Å². The van der Waals surface area contributed by atoms with E-state index in [1.807, 2.05) is 41.5 Å². The predicted molar refractivity (Wildman–Crippen MR) is 85.5 cm³/mol. The van der Waals surface area contributed by atoms with Crippen molar-refractivity contribution in [3.8, 4) is 0 Å².